The summed E-state index contributed by atoms with van der Waals surface area (Å²) in [4.78, 5) is 2.49. The van der Waals surface area contributed by atoms with Crippen molar-refractivity contribution in [2.24, 2.45) is 0 Å². The Labute approximate surface area is 440 Å². The van der Waals surface area contributed by atoms with Gasteiger partial charge in [-0.05, 0) is 170 Å². The van der Waals surface area contributed by atoms with E-state index in [4.69, 9.17) is 0 Å². The lowest BCUT2D eigenvalue weighted by atomic mass is 9.79. The van der Waals surface area contributed by atoms with E-state index < -0.39 is 0 Å². The van der Waals surface area contributed by atoms with E-state index in [0.29, 0.717) is 0 Å². The standard InChI is InChI=1S/C74H55N/c1-73(2)67-44-53(40-42-63(67)71-61-34-20-18-32-59(61)65(46-69(71)73)57-30-16-14-28-55(57)50-24-10-6-11-25-50)75(52-38-36-49(37-39-52)48-22-8-5-9-23-48)54-41-43-64-68(45-54)74(3,4)70-47-66(60-33-19-21-35-62(60)72(64)70)58-31-17-15-29-56(58)51-26-12-7-13-27-51/h5-47H,1-4H3. The minimum absolute atomic E-state index is 0.288. The molecular formula is C74H55N. The molecule has 12 aromatic carbocycles. The number of hydrogen-bond acceptors (Lipinski definition) is 1. The van der Waals surface area contributed by atoms with Crippen LogP contribution >= 0.6 is 0 Å². The second kappa shape index (κ2) is 17.3. The second-order valence-electron chi connectivity index (χ2n) is 21.6. The molecule has 0 N–H and O–H groups in total. The van der Waals surface area contributed by atoms with Crippen molar-refractivity contribution in [2.45, 2.75) is 38.5 Å². The van der Waals surface area contributed by atoms with E-state index in [1.807, 2.05) is 0 Å². The average molecular weight is 958 g/mol. The lowest BCUT2D eigenvalue weighted by Gasteiger charge is -2.30. The quantitative estimate of drug-likeness (QED) is 0.147. The smallest absolute Gasteiger partial charge is 0.0465 e. The fraction of sp³-hybridized carbons (Fsp3) is 0.0811. The van der Waals surface area contributed by atoms with E-state index in [1.54, 1.807) is 0 Å². The first-order valence-electron chi connectivity index (χ1n) is 26.4. The van der Waals surface area contributed by atoms with Crippen molar-refractivity contribution in [2.75, 3.05) is 4.90 Å². The van der Waals surface area contributed by atoms with Crippen LogP contribution in [0, 0.1) is 0 Å². The molecule has 356 valence electrons. The maximum Gasteiger partial charge on any atom is 0.0465 e. The largest absolute Gasteiger partial charge is 0.310 e. The van der Waals surface area contributed by atoms with Crippen LogP contribution in [0.4, 0.5) is 17.1 Å². The third-order valence-electron chi connectivity index (χ3n) is 16.7. The topological polar surface area (TPSA) is 3.24 Å². The first-order chi connectivity index (χ1) is 36.7. The van der Waals surface area contributed by atoms with E-state index in [0.717, 1.165) is 17.1 Å². The van der Waals surface area contributed by atoms with Crippen LogP contribution in [0.15, 0.2) is 261 Å². The summed E-state index contributed by atoms with van der Waals surface area (Å²) in [5, 5.41) is 5.13. The van der Waals surface area contributed by atoms with E-state index in [9.17, 15) is 0 Å². The van der Waals surface area contributed by atoms with E-state index in [2.05, 4.69) is 293 Å². The van der Waals surface area contributed by atoms with Crippen LogP contribution in [-0.2, 0) is 10.8 Å². The molecule has 0 aliphatic heterocycles. The minimum Gasteiger partial charge on any atom is -0.310 e. The molecule has 0 fully saturated rings. The molecule has 2 aliphatic rings. The molecule has 75 heavy (non-hydrogen) atoms. The molecule has 1 nitrogen and oxygen atoms in total. The van der Waals surface area contributed by atoms with Crippen molar-refractivity contribution in [3.05, 3.63) is 283 Å². The first kappa shape index (κ1) is 44.6. The zero-order valence-corrected chi connectivity index (χ0v) is 42.8. The van der Waals surface area contributed by atoms with Gasteiger partial charge in [-0.1, -0.05) is 240 Å². The van der Waals surface area contributed by atoms with Gasteiger partial charge in [-0.2, -0.15) is 0 Å². The Morgan fingerprint density at radius 3 is 0.987 bits per heavy atom. The summed E-state index contributed by atoms with van der Waals surface area (Å²) in [6, 6.07) is 96.9. The Morgan fingerprint density at radius 1 is 0.227 bits per heavy atom. The van der Waals surface area contributed by atoms with Crippen LogP contribution < -0.4 is 4.90 Å². The molecule has 0 radical (unpaired) electrons. The van der Waals surface area contributed by atoms with Gasteiger partial charge in [0.25, 0.3) is 0 Å². The second-order valence-corrected chi connectivity index (χ2v) is 21.6. The molecule has 0 saturated heterocycles. The minimum atomic E-state index is -0.288. The molecule has 1 heteroatoms. The highest BCUT2D eigenvalue weighted by Crippen LogP contribution is 2.58. The number of fused-ring (bicyclic) bond motifs is 10. The molecule has 14 rings (SSSR count). The summed E-state index contributed by atoms with van der Waals surface area (Å²) in [7, 11) is 0. The third kappa shape index (κ3) is 7.06. The van der Waals surface area contributed by atoms with Crippen LogP contribution in [0.25, 0.3) is 99.4 Å². The fourth-order valence-corrected chi connectivity index (χ4v) is 12.9. The van der Waals surface area contributed by atoms with Gasteiger partial charge < -0.3 is 4.90 Å². The zero-order valence-electron chi connectivity index (χ0n) is 42.8. The molecule has 0 aromatic heterocycles. The summed E-state index contributed by atoms with van der Waals surface area (Å²) < 4.78 is 0. The lowest BCUT2D eigenvalue weighted by Crippen LogP contribution is -2.18. The number of nitrogens with zero attached hydrogens (tertiary/aromatic N) is 1. The van der Waals surface area contributed by atoms with Crippen molar-refractivity contribution in [1.82, 2.24) is 0 Å². The van der Waals surface area contributed by atoms with Crippen molar-refractivity contribution < 1.29 is 0 Å². The summed E-state index contributed by atoms with van der Waals surface area (Å²) in [6.07, 6.45) is 0. The van der Waals surface area contributed by atoms with Crippen molar-refractivity contribution in [3.8, 4) is 77.9 Å². The summed E-state index contributed by atoms with van der Waals surface area (Å²) in [6.45, 7) is 9.70. The summed E-state index contributed by atoms with van der Waals surface area (Å²) in [5.74, 6) is 0. The molecule has 0 heterocycles. The fourth-order valence-electron chi connectivity index (χ4n) is 12.9. The Balaban J connectivity index is 0.928. The van der Waals surface area contributed by atoms with Gasteiger partial charge >= 0.3 is 0 Å². The summed E-state index contributed by atoms with van der Waals surface area (Å²) in [5.41, 5.74) is 25.9. The normalized spacial score (nSPS) is 13.5. The predicted molar refractivity (Wildman–Crippen MR) is 318 cm³/mol. The van der Waals surface area contributed by atoms with Crippen LogP contribution in [0.1, 0.15) is 49.9 Å². The highest BCUT2D eigenvalue weighted by Gasteiger charge is 2.40. The number of hydrogen-bond donors (Lipinski definition) is 0. The maximum atomic E-state index is 2.51. The van der Waals surface area contributed by atoms with Gasteiger partial charge in [-0.15, -0.1) is 0 Å². The summed E-state index contributed by atoms with van der Waals surface area (Å²) >= 11 is 0. The van der Waals surface area contributed by atoms with Gasteiger partial charge in [-0.25, -0.2) is 0 Å². The van der Waals surface area contributed by atoms with Crippen molar-refractivity contribution in [3.63, 3.8) is 0 Å². The van der Waals surface area contributed by atoms with Crippen LogP contribution in [0.5, 0.6) is 0 Å². The van der Waals surface area contributed by atoms with E-state index >= 15 is 0 Å². The highest BCUT2D eigenvalue weighted by atomic mass is 15.1. The number of anilines is 3. The van der Waals surface area contributed by atoms with Crippen molar-refractivity contribution >= 4 is 38.6 Å². The number of rotatable bonds is 8. The Hall–Kier alpha value is -9.04. The van der Waals surface area contributed by atoms with Gasteiger partial charge in [0.1, 0.15) is 0 Å². The van der Waals surface area contributed by atoms with Crippen LogP contribution in [-0.4, -0.2) is 0 Å². The third-order valence-corrected chi connectivity index (χ3v) is 16.7. The Kier molecular flexibility index (Phi) is 10.3. The highest BCUT2D eigenvalue weighted by molar-refractivity contribution is 6.12. The Bertz CT molecular complexity index is 3970. The monoisotopic (exact) mass is 957 g/mol. The Morgan fingerprint density at radius 2 is 0.560 bits per heavy atom. The molecular weight excluding hydrogens is 903 g/mol. The van der Waals surface area contributed by atoms with Gasteiger partial charge in [0.05, 0.1) is 0 Å². The van der Waals surface area contributed by atoms with E-state index in [-0.39, 0.29) is 10.8 Å². The van der Waals surface area contributed by atoms with Gasteiger partial charge in [0, 0.05) is 27.9 Å². The lowest BCUT2D eigenvalue weighted by molar-refractivity contribution is 0.660. The molecule has 12 aromatic rings. The zero-order chi connectivity index (χ0) is 50.4. The average Bonchev–Trinajstić information content (AvgIpc) is 3.86. The SMILES string of the molecule is CC1(C)c2cc(N(c3ccc(-c4ccccc4)cc3)c3ccc4c(c3)C(C)(C)c3cc(-c5ccccc5-c5ccccc5)c5ccccc5c3-4)ccc2-c2c1cc(-c1ccccc1-c1ccccc1)c1ccccc21. The molecule has 0 amide bonds. The van der Waals surface area contributed by atoms with Crippen LogP contribution in [0.3, 0.4) is 0 Å². The number of benzene rings is 12. The van der Waals surface area contributed by atoms with Crippen LogP contribution in [0.2, 0.25) is 0 Å². The molecule has 0 spiro atoms. The molecule has 0 bridgehead atoms. The van der Waals surface area contributed by atoms with Gasteiger partial charge in [0.2, 0.25) is 0 Å². The van der Waals surface area contributed by atoms with Gasteiger partial charge in [0.15, 0.2) is 0 Å². The first-order valence-corrected chi connectivity index (χ1v) is 26.4. The van der Waals surface area contributed by atoms with Crippen molar-refractivity contribution in [1.29, 1.82) is 0 Å². The maximum absolute atomic E-state index is 2.51. The van der Waals surface area contributed by atoms with E-state index in [1.165, 1.54) is 122 Å². The molecule has 0 atom stereocenters. The van der Waals surface area contributed by atoms with Gasteiger partial charge in [-0.3, -0.25) is 0 Å². The molecule has 0 unspecified atom stereocenters. The molecule has 0 saturated carbocycles. The molecule has 2 aliphatic carbocycles. The predicted octanol–water partition coefficient (Wildman–Crippen LogP) is 20.4.